The van der Waals surface area contributed by atoms with Crippen molar-refractivity contribution in [1.82, 2.24) is 4.57 Å². The number of benzene rings is 9. The monoisotopic (exact) mass is 782 g/mol. The highest BCUT2D eigenvalue weighted by Gasteiger charge is 2.31. The van der Waals surface area contributed by atoms with Crippen molar-refractivity contribution in [3.05, 3.63) is 205 Å². The van der Waals surface area contributed by atoms with Crippen LogP contribution in [0.5, 0.6) is 0 Å². The molecule has 1 aliphatic rings. The molecule has 0 spiro atoms. The molecule has 0 N–H and O–H groups in total. The minimum Gasteiger partial charge on any atom is -0.456 e. The summed E-state index contributed by atoms with van der Waals surface area (Å²) in [5, 5.41) is 11.8. The van der Waals surface area contributed by atoms with E-state index in [-0.39, 0.29) is 12.0 Å². The van der Waals surface area contributed by atoms with Crippen molar-refractivity contribution in [3.63, 3.8) is 0 Å². The van der Waals surface area contributed by atoms with Gasteiger partial charge in [0.25, 0.3) is 0 Å². The summed E-state index contributed by atoms with van der Waals surface area (Å²) in [4.78, 5) is 5.95. The number of hydrogen-bond acceptors (Lipinski definition) is 3. The molecule has 0 radical (unpaired) electrons. The summed E-state index contributed by atoms with van der Waals surface area (Å²) < 4.78 is 16.0. The van der Waals surface area contributed by atoms with Crippen LogP contribution in [0, 0.1) is 5.92 Å². The Morgan fingerprint density at radius 3 is 2.00 bits per heavy atom. The molecule has 0 aliphatic carbocycles. The average molecular weight is 783 g/mol. The summed E-state index contributed by atoms with van der Waals surface area (Å²) in [6.07, 6.45) is 3.09. The molecule has 3 aromatic heterocycles. The van der Waals surface area contributed by atoms with Gasteiger partial charge in [-0.3, -0.25) is 4.99 Å². The number of fused-ring (bicyclic) bond motifs is 11. The fourth-order valence-electron chi connectivity index (χ4n) is 10.4. The predicted octanol–water partition coefficient (Wildman–Crippen LogP) is 15.5. The molecule has 0 saturated carbocycles. The first-order valence-electron chi connectivity index (χ1n) is 21.2. The summed E-state index contributed by atoms with van der Waals surface area (Å²) in [7, 11) is 0. The first-order chi connectivity index (χ1) is 30.2. The molecule has 4 nitrogen and oxygen atoms in total. The van der Waals surface area contributed by atoms with Crippen LogP contribution in [0.2, 0.25) is 0 Å². The van der Waals surface area contributed by atoms with Gasteiger partial charge in [0.1, 0.15) is 22.3 Å². The van der Waals surface area contributed by atoms with Gasteiger partial charge >= 0.3 is 0 Å². The maximum Gasteiger partial charge on any atom is 0.140 e. The van der Waals surface area contributed by atoms with E-state index in [1.807, 2.05) is 6.07 Å². The Labute approximate surface area is 351 Å². The molecule has 13 rings (SSSR count). The molecule has 61 heavy (non-hydrogen) atoms. The smallest absolute Gasteiger partial charge is 0.140 e. The van der Waals surface area contributed by atoms with Gasteiger partial charge < -0.3 is 13.4 Å². The average Bonchev–Trinajstić information content (AvgIpc) is 3.94. The van der Waals surface area contributed by atoms with Crippen LogP contribution in [-0.4, -0.2) is 10.3 Å². The maximum atomic E-state index is 6.81. The predicted molar refractivity (Wildman–Crippen MR) is 254 cm³/mol. The SMILES string of the molecule is CC1C(c2cccc3ccccc23)=CCC(c2cc(-n3c4ccccc4c4cc5ccccc5cc43)cc3oc4ccccc4c23)=NC1c1cccc2c1oc1ccccc12. The van der Waals surface area contributed by atoms with Crippen molar-refractivity contribution in [2.24, 2.45) is 10.9 Å². The van der Waals surface area contributed by atoms with Crippen LogP contribution < -0.4 is 0 Å². The van der Waals surface area contributed by atoms with Crippen molar-refractivity contribution in [2.45, 2.75) is 19.4 Å². The highest BCUT2D eigenvalue weighted by Crippen LogP contribution is 2.46. The molecular weight excluding hydrogens is 745 g/mol. The number of hydrogen-bond donors (Lipinski definition) is 0. The Hall–Kier alpha value is -7.69. The first kappa shape index (κ1) is 34.2. The lowest BCUT2D eigenvalue weighted by Gasteiger charge is -2.24. The zero-order valence-corrected chi connectivity index (χ0v) is 33.5. The fraction of sp³-hybridized carbons (Fsp3) is 0.0702. The van der Waals surface area contributed by atoms with E-state index in [1.165, 1.54) is 43.5 Å². The van der Waals surface area contributed by atoms with Crippen LogP contribution in [0.15, 0.2) is 202 Å². The van der Waals surface area contributed by atoms with Gasteiger partial charge in [-0.15, -0.1) is 0 Å². The van der Waals surface area contributed by atoms with E-state index in [0.717, 1.165) is 77.4 Å². The van der Waals surface area contributed by atoms with E-state index in [0.29, 0.717) is 6.42 Å². The topological polar surface area (TPSA) is 43.6 Å². The Bertz CT molecular complexity index is 3830. The Morgan fingerprint density at radius 2 is 1.15 bits per heavy atom. The van der Waals surface area contributed by atoms with Crippen LogP contribution in [0.3, 0.4) is 0 Å². The van der Waals surface area contributed by atoms with E-state index in [9.17, 15) is 0 Å². The van der Waals surface area contributed by atoms with Gasteiger partial charge in [0.15, 0.2) is 0 Å². The summed E-state index contributed by atoms with van der Waals surface area (Å²) >= 11 is 0. The molecular formula is C57H38N2O2. The van der Waals surface area contributed by atoms with E-state index < -0.39 is 0 Å². The zero-order chi connectivity index (χ0) is 40.2. The van der Waals surface area contributed by atoms with E-state index in [1.54, 1.807) is 0 Å². The minimum absolute atomic E-state index is 0.0208. The zero-order valence-electron chi connectivity index (χ0n) is 33.5. The molecule has 4 heteroatoms. The lowest BCUT2D eigenvalue weighted by molar-refractivity contribution is 0.574. The van der Waals surface area contributed by atoms with Crippen molar-refractivity contribution >= 4 is 98.5 Å². The quantitative estimate of drug-likeness (QED) is 0.178. The largest absolute Gasteiger partial charge is 0.456 e. The number of aromatic nitrogens is 1. The van der Waals surface area contributed by atoms with Gasteiger partial charge in [0.05, 0.1) is 22.8 Å². The molecule has 2 atom stereocenters. The molecule has 0 bridgehead atoms. The third kappa shape index (κ3) is 5.15. The molecule has 4 heterocycles. The van der Waals surface area contributed by atoms with Gasteiger partial charge in [0.2, 0.25) is 0 Å². The Kier molecular flexibility index (Phi) is 7.38. The van der Waals surface area contributed by atoms with Crippen LogP contribution in [0.4, 0.5) is 0 Å². The van der Waals surface area contributed by atoms with Crippen molar-refractivity contribution in [1.29, 1.82) is 0 Å². The third-order valence-electron chi connectivity index (χ3n) is 13.2. The number of allylic oxidation sites excluding steroid dienone is 1. The number of furan rings is 2. The van der Waals surface area contributed by atoms with Gasteiger partial charge in [-0.05, 0) is 69.1 Å². The summed E-state index contributed by atoms with van der Waals surface area (Å²) in [5.74, 6) is 0.0208. The molecule has 1 aliphatic heterocycles. The van der Waals surface area contributed by atoms with Gasteiger partial charge in [-0.25, -0.2) is 0 Å². The standard InChI is InChI=1S/C57H38N2O2/c1-34-39(41-22-12-17-35-14-4-5-18-40(35)41)28-29-49(58-56(34)46-24-13-23-44-43-20-7-10-26-52(43)61-57(44)46)48-32-38(33-54-55(48)45-21-8-11-27-53(45)60-54)59-50-25-9-6-19-42(50)47-30-36-15-2-3-16-37(36)31-51(47)59/h2-28,30-34,56H,29H2,1H3. The Balaban J connectivity index is 1.11. The Morgan fingerprint density at radius 1 is 0.492 bits per heavy atom. The lowest BCUT2D eigenvalue weighted by atomic mass is 9.83. The van der Waals surface area contributed by atoms with E-state index in [4.69, 9.17) is 13.8 Å². The molecule has 0 fully saturated rings. The molecule has 9 aromatic carbocycles. The third-order valence-corrected chi connectivity index (χ3v) is 13.2. The summed E-state index contributed by atoms with van der Waals surface area (Å²) in [6.45, 7) is 2.34. The van der Waals surface area contributed by atoms with E-state index in [2.05, 4.69) is 193 Å². The van der Waals surface area contributed by atoms with Crippen LogP contribution >= 0.6 is 0 Å². The number of para-hydroxylation sites is 4. The van der Waals surface area contributed by atoms with Crippen LogP contribution in [-0.2, 0) is 0 Å². The number of nitrogens with zero attached hydrogens (tertiary/aromatic N) is 2. The fourth-order valence-corrected chi connectivity index (χ4v) is 10.4. The highest BCUT2D eigenvalue weighted by molar-refractivity contribution is 6.21. The molecule has 288 valence electrons. The highest BCUT2D eigenvalue weighted by atomic mass is 16.3. The summed E-state index contributed by atoms with van der Waals surface area (Å²) in [5.41, 5.74) is 12.6. The molecule has 0 amide bonds. The van der Waals surface area contributed by atoms with Gasteiger partial charge in [-0.2, -0.15) is 0 Å². The molecule has 0 saturated heterocycles. The molecule has 12 aromatic rings. The van der Waals surface area contributed by atoms with Gasteiger partial charge in [-0.1, -0.05) is 153 Å². The number of rotatable bonds is 4. The maximum absolute atomic E-state index is 6.81. The summed E-state index contributed by atoms with van der Waals surface area (Å²) in [6, 6.07) is 65.1. The number of aliphatic imine (C=N–C) groups is 1. The second kappa shape index (κ2) is 13.2. The first-order valence-corrected chi connectivity index (χ1v) is 21.2. The second-order valence-electron chi connectivity index (χ2n) is 16.6. The normalized spacial score (nSPS) is 16.1. The molecule has 2 unspecified atom stereocenters. The van der Waals surface area contributed by atoms with Crippen molar-refractivity contribution in [2.75, 3.05) is 0 Å². The van der Waals surface area contributed by atoms with E-state index >= 15 is 0 Å². The van der Waals surface area contributed by atoms with Gasteiger partial charge in [0, 0.05) is 67.6 Å². The van der Waals surface area contributed by atoms with Crippen LogP contribution in [0.25, 0.3) is 98.5 Å². The lowest BCUT2D eigenvalue weighted by Crippen LogP contribution is -2.11. The minimum atomic E-state index is -0.247. The van der Waals surface area contributed by atoms with Crippen molar-refractivity contribution < 1.29 is 8.83 Å². The van der Waals surface area contributed by atoms with Crippen molar-refractivity contribution in [3.8, 4) is 5.69 Å². The van der Waals surface area contributed by atoms with Crippen LogP contribution in [0.1, 0.15) is 36.1 Å². The second-order valence-corrected chi connectivity index (χ2v) is 16.6.